The molecule has 0 radical (unpaired) electrons. The van der Waals surface area contributed by atoms with Crippen LogP contribution in [0.2, 0.25) is 0 Å². The van der Waals surface area contributed by atoms with E-state index in [1.807, 2.05) is 0 Å². The highest BCUT2D eigenvalue weighted by atomic mass is 16.5. The Kier molecular flexibility index (Phi) is 4.21. The van der Waals surface area contributed by atoms with Crippen molar-refractivity contribution in [3.8, 4) is 5.75 Å². The smallest absolute Gasteiger partial charge is 0.124 e. The summed E-state index contributed by atoms with van der Waals surface area (Å²) in [4.78, 5) is 0. The molecule has 0 amide bonds. The van der Waals surface area contributed by atoms with E-state index in [9.17, 15) is 0 Å². The number of hydrogen-bond donors (Lipinski definition) is 1. The lowest BCUT2D eigenvalue weighted by Gasteiger charge is -2.32. The van der Waals surface area contributed by atoms with Crippen molar-refractivity contribution in [2.75, 3.05) is 7.11 Å². The van der Waals surface area contributed by atoms with Crippen molar-refractivity contribution < 1.29 is 4.74 Å². The van der Waals surface area contributed by atoms with Gasteiger partial charge in [0.15, 0.2) is 0 Å². The van der Waals surface area contributed by atoms with E-state index in [1.165, 1.54) is 11.1 Å². The first-order chi connectivity index (χ1) is 7.83. The van der Waals surface area contributed by atoms with Crippen molar-refractivity contribution in [3.05, 3.63) is 28.8 Å². The first-order valence-corrected chi connectivity index (χ1v) is 6.24. The van der Waals surface area contributed by atoms with Crippen LogP contribution >= 0.6 is 0 Å². The number of ether oxygens (including phenoxy) is 1. The third-order valence-electron chi connectivity index (χ3n) is 3.78. The Morgan fingerprint density at radius 1 is 1.29 bits per heavy atom. The Labute approximate surface area is 105 Å². The molecule has 96 valence electrons. The Morgan fingerprint density at radius 3 is 2.35 bits per heavy atom. The van der Waals surface area contributed by atoms with Crippen LogP contribution in [-0.2, 0) is 0 Å². The van der Waals surface area contributed by atoms with Gasteiger partial charge in [-0.3, -0.25) is 0 Å². The zero-order chi connectivity index (χ0) is 13.2. The zero-order valence-corrected chi connectivity index (χ0v) is 11.9. The molecule has 0 aromatic heterocycles. The monoisotopic (exact) mass is 235 g/mol. The van der Waals surface area contributed by atoms with E-state index in [0.29, 0.717) is 0 Å². The number of aryl methyl sites for hydroxylation is 2. The Balaban J connectivity index is 3.30. The third-order valence-corrected chi connectivity index (χ3v) is 3.78. The average Bonchev–Trinajstić information content (AvgIpc) is 2.27. The number of hydrogen-bond acceptors (Lipinski definition) is 2. The minimum Gasteiger partial charge on any atom is -0.496 e. The molecule has 0 heterocycles. The molecule has 0 aliphatic carbocycles. The summed E-state index contributed by atoms with van der Waals surface area (Å²) in [6.07, 6.45) is 1.05. The molecule has 0 saturated carbocycles. The van der Waals surface area contributed by atoms with Gasteiger partial charge < -0.3 is 10.5 Å². The van der Waals surface area contributed by atoms with Gasteiger partial charge >= 0.3 is 0 Å². The fraction of sp³-hybridized carbons (Fsp3) is 0.600. The van der Waals surface area contributed by atoms with E-state index in [1.54, 1.807) is 7.11 Å². The maximum atomic E-state index is 6.43. The van der Waals surface area contributed by atoms with Crippen LogP contribution in [0.5, 0.6) is 5.75 Å². The first-order valence-electron chi connectivity index (χ1n) is 6.24. The summed E-state index contributed by atoms with van der Waals surface area (Å²) in [7, 11) is 1.71. The standard InChI is InChI=1S/C15H25NO/c1-7-15(4,5)14(16)13-11(3)8-10(2)9-12(13)17-6/h8-9,14H,7,16H2,1-6H3. The maximum Gasteiger partial charge on any atom is 0.124 e. The van der Waals surface area contributed by atoms with Crippen molar-refractivity contribution in [2.24, 2.45) is 11.1 Å². The van der Waals surface area contributed by atoms with E-state index >= 15 is 0 Å². The van der Waals surface area contributed by atoms with Gasteiger partial charge in [-0.1, -0.05) is 26.8 Å². The van der Waals surface area contributed by atoms with Crippen LogP contribution in [0.1, 0.15) is 49.9 Å². The zero-order valence-electron chi connectivity index (χ0n) is 11.9. The predicted molar refractivity (Wildman–Crippen MR) is 73.5 cm³/mol. The lowest BCUT2D eigenvalue weighted by Crippen LogP contribution is -2.29. The molecule has 0 aliphatic rings. The maximum absolute atomic E-state index is 6.43. The van der Waals surface area contributed by atoms with Gasteiger partial charge in [-0.05, 0) is 42.9 Å². The van der Waals surface area contributed by atoms with Gasteiger partial charge in [0.05, 0.1) is 7.11 Å². The molecule has 2 nitrogen and oxygen atoms in total. The number of rotatable bonds is 4. The molecule has 0 fully saturated rings. The minimum atomic E-state index is 0.00282. The van der Waals surface area contributed by atoms with Gasteiger partial charge in [0.2, 0.25) is 0 Å². The molecule has 2 N–H and O–H groups in total. The Morgan fingerprint density at radius 2 is 1.88 bits per heavy atom. The lowest BCUT2D eigenvalue weighted by atomic mass is 9.77. The lowest BCUT2D eigenvalue weighted by molar-refractivity contribution is 0.270. The summed E-state index contributed by atoms with van der Waals surface area (Å²) < 4.78 is 5.49. The molecule has 0 spiro atoms. The molecular formula is C15H25NO. The first kappa shape index (κ1) is 14.0. The number of nitrogens with two attached hydrogens (primary N) is 1. The highest BCUT2D eigenvalue weighted by Crippen LogP contribution is 2.40. The molecule has 1 aromatic rings. The van der Waals surface area contributed by atoms with Crippen molar-refractivity contribution in [3.63, 3.8) is 0 Å². The van der Waals surface area contributed by atoms with Gasteiger partial charge in [-0.2, -0.15) is 0 Å². The number of methoxy groups -OCH3 is 1. The van der Waals surface area contributed by atoms with Gasteiger partial charge in [0, 0.05) is 11.6 Å². The molecule has 1 aromatic carbocycles. The molecular weight excluding hydrogens is 210 g/mol. The Hall–Kier alpha value is -1.02. The van der Waals surface area contributed by atoms with Crippen molar-refractivity contribution in [2.45, 2.75) is 47.1 Å². The molecule has 17 heavy (non-hydrogen) atoms. The quantitative estimate of drug-likeness (QED) is 0.862. The van der Waals surface area contributed by atoms with Crippen LogP contribution in [0, 0.1) is 19.3 Å². The highest BCUT2D eigenvalue weighted by Gasteiger charge is 2.29. The van der Waals surface area contributed by atoms with Crippen molar-refractivity contribution in [1.82, 2.24) is 0 Å². The SMILES string of the molecule is CCC(C)(C)C(N)c1c(C)cc(C)cc1OC. The normalized spacial score (nSPS) is 13.6. The molecule has 0 saturated heterocycles. The van der Waals surface area contributed by atoms with Crippen LogP contribution in [0.15, 0.2) is 12.1 Å². The molecule has 2 heteroatoms. The van der Waals surface area contributed by atoms with Gasteiger partial charge in [0.25, 0.3) is 0 Å². The topological polar surface area (TPSA) is 35.2 Å². The van der Waals surface area contributed by atoms with Crippen LogP contribution in [0.3, 0.4) is 0 Å². The van der Waals surface area contributed by atoms with Gasteiger partial charge in [-0.25, -0.2) is 0 Å². The predicted octanol–water partition coefficient (Wildman–Crippen LogP) is 3.75. The van der Waals surface area contributed by atoms with E-state index in [-0.39, 0.29) is 11.5 Å². The van der Waals surface area contributed by atoms with E-state index in [0.717, 1.165) is 17.7 Å². The second-order valence-electron chi connectivity index (χ2n) is 5.52. The highest BCUT2D eigenvalue weighted by molar-refractivity contribution is 5.45. The largest absolute Gasteiger partial charge is 0.496 e. The Bertz CT molecular complexity index is 396. The van der Waals surface area contributed by atoms with Crippen molar-refractivity contribution in [1.29, 1.82) is 0 Å². The molecule has 1 atom stereocenters. The van der Waals surface area contributed by atoms with Crippen LogP contribution < -0.4 is 10.5 Å². The summed E-state index contributed by atoms with van der Waals surface area (Å²) in [6, 6.07) is 4.24. The van der Waals surface area contributed by atoms with Crippen LogP contribution in [-0.4, -0.2) is 7.11 Å². The molecule has 0 bridgehead atoms. The average molecular weight is 235 g/mol. The second kappa shape index (κ2) is 5.09. The van der Waals surface area contributed by atoms with Gasteiger partial charge in [-0.15, -0.1) is 0 Å². The summed E-state index contributed by atoms with van der Waals surface area (Å²) in [5.41, 5.74) is 10.1. The fourth-order valence-corrected chi connectivity index (χ4v) is 2.12. The van der Waals surface area contributed by atoms with Crippen LogP contribution in [0.4, 0.5) is 0 Å². The molecule has 1 unspecified atom stereocenters. The number of benzene rings is 1. The van der Waals surface area contributed by atoms with Crippen molar-refractivity contribution >= 4 is 0 Å². The van der Waals surface area contributed by atoms with Gasteiger partial charge in [0.1, 0.15) is 5.75 Å². The summed E-state index contributed by atoms with van der Waals surface area (Å²) in [5.74, 6) is 0.913. The summed E-state index contributed by atoms with van der Waals surface area (Å²) in [6.45, 7) is 10.8. The second-order valence-corrected chi connectivity index (χ2v) is 5.52. The van der Waals surface area contributed by atoms with Crippen LogP contribution in [0.25, 0.3) is 0 Å². The van der Waals surface area contributed by atoms with E-state index in [4.69, 9.17) is 10.5 Å². The third kappa shape index (κ3) is 2.81. The summed E-state index contributed by atoms with van der Waals surface area (Å²) in [5, 5.41) is 0. The summed E-state index contributed by atoms with van der Waals surface area (Å²) >= 11 is 0. The molecule has 1 rings (SSSR count). The molecule has 0 aliphatic heterocycles. The minimum absolute atomic E-state index is 0.00282. The fourth-order valence-electron chi connectivity index (χ4n) is 2.12. The van der Waals surface area contributed by atoms with E-state index < -0.39 is 0 Å². The van der Waals surface area contributed by atoms with E-state index in [2.05, 4.69) is 46.8 Å².